The molecule has 1 aromatic rings. The number of carbonyl (C=O) groups excluding carboxylic acids is 1. The van der Waals surface area contributed by atoms with E-state index < -0.39 is 23.7 Å². The van der Waals surface area contributed by atoms with E-state index in [1.165, 1.54) is 0 Å². The minimum atomic E-state index is -0.963. The zero-order valence-electron chi connectivity index (χ0n) is 16.9. The van der Waals surface area contributed by atoms with E-state index in [4.69, 9.17) is 4.74 Å². The predicted molar refractivity (Wildman–Crippen MR) is 120 cm³/mol. The van der Waals surface area contributed by atoms with Crippen molar-refractivity contribution < 1.29 is 19.4 Å². The molecule has 1 amide bonds. The van der Waals surface area contributed by atoms with Gasteiger partial charge >= 0.3 is 12.1 Å². The third-order valence-electron chi connectivity index (χ3n) is 4.01. The highest BCUT2D eigenvalue weighted by molar-refractivity contribution is 9.09. The van der Waals surface area contributed by atoms with Crippen molar-refractivity contribution in [2.24, 2.45) is 0 Å². The molecule has 158 valence electrons. The average molecular weight is 522 g/mol. The molecule has 6 nitrogen and oxygen atoms in total. The summed E-state index contributed by atoms with van der Waals surface area (Å²) in [5.74, 6) is -0.963. The summed E-state index contributed by atoms with van der Waals surface area (Å²) in [6.07, 6.45) is -0.357. The standard InChI is InChI=1S/C20H30Br2N2O4/c1-14-5-6-17(24(9-7-21)10-8-22)12-15(14)11-16(13-18(25)26)23-19(27)28-20(2,3)4/h5-6,12,16H,7-11,13H2,1-4H3,(H,23,27)(H,25,26)/t16-/m1/s1. The fourth-order valence-corrected chi connectivity index (χ4v) is 3.63. The first-order valence-corrected chi connectivity index (χ1v) is 11.5. The SMILES string of the molecule is Cc1ccc(N(CCBr)CCBr)cc1C[C@H](CC(=O)O)NC(=O)OC(C)(C)C. The van der Waals surface area contributed by atoms with Gasteiger partial charge in [-0.1, -0.05) is 37.9 Å². The Morgan fingerprint density at radius 3 is 2.32 bits per heavy atom. The molecule has 0 unspecified atom stereocenters. The third kappa shape index (κ3) is 9.28. The molecule has 2 N–H and O–H groups in total. The average Bonchev–Trinajstić information content (AvgIpc) is 2.54. The van der Waals surface area contributed by atoms with Crippen molar-refractivity contribution in [2.75, 3.05) is 28.6 Å². The summed E-state index contributed by atoms with van der Waals surface area (Å²) < 4.78 is 5.28. The Labute approximate surface area is 184 Å². The first-order chi connectivity index (χ1) is 13.1. The second-order valence-corrected chi connectivity index (χ2v) is 9.21. The van der Waals surface area contributed by atoms with Crippen molar-refractivity contribution in [3.63, 3.8) is 0 Å². The molecule has 0 fully saturated rings. The number of anilines is 1. The number of alkyl carbamates (subject to hydrolysis) is 1. The van der Waals surface area contributed by atoms with Gasteiger partial charge in [-0.25, -0.2) is 4.79 Å². The summed E-state index contributed by atoms with van der Waals surface area (Å²) in [6, 6.07) is 5.62. The van der Waals surface area contributed by atoms with Crippen LogP contribution in [0.25, 0.3) is 0 Å². The number of carboxylic acid groups (broad SMARTS) is 1. The summed E-state index contributed by atoms with van der Waals surface area (Å²) >= 11 is 6.97. The number of rotatable bonds is 10. The van der Waals surface area contributed by atoms with E-state index in [0.29, 0.717) is 6.42 Å². The van der Waals surface area contributed by atoms with E-state index in [9.17, 15) is 14.7 Å². The Morgan fingerprint density at radius 1 is 1.21 bits per heavy atom. The molecule has 1 atom stereocenters. The number of carboxylic acids is 1. The lowest BCUT2D eigenvalue weighted by Crippen LogP contribution is -2.41. The number of benzene rings is 1. The van der Waals surface area contributed by atoms with Crippen LogP contribution in [0.2, 0.25) is 0 Å². The highest BCUT2D eigenvalue weighted by Crippen LogP contribution is 2.22. The van der Waals surface area contributed by atoms with Gasteiger partial charge in [0, 0.05) is 35.5 Å². The highest BCUT2D eigenvalue weighted by atomic mass is 79.9. The molecule has 1 aromatic carbocycles. The van der Waals surface area contributed by atoms with Gasteiger partial charge < -0.3 is 20.1 Å². The van der Waals surface area contributed by atoms with E-state index in [1.807, 2.05) is 13.0 Å². The number of aryl methyl sites for hydroxylation is 1. The van der Waals surface area contributed by atoms with Crippen LogP contribution in [0.1, 0.15) is 38.3 Å². The van der Waals surface area contributed by atoms with Crippen LogP contribution in [-0.4, -0.2) is 52.6 Å². The van der Waals surface area contributed by atoms with Crippen molar-refractivity contribution in [3.05, 3.63) is 29.3 Å². The van der Waals surface area contributed by atoms with E-state index in [1.54, 1.807) is 20.8 Å². The number of nitrogens with zero attached hydrogens (tertiary/aromatic N) is 1. The Morgan fingerprint density at radius 2 is 1.82 bits per heavy atom. The van der Waals surface area contributed by atoms with Gasteiger partial charge in [0.2, 0.25) is 0 Å². The molecule has 8 heteroatoms. The molecule has 0 aliphatic rings. The second-order valence-electron chi connectivity index (χ2n) is 7.62. The molecule has 0 bridgehead atoms. The van der Waals surface area contributed by atoms with Crippen LogP contribution in [0.3, 0.4) is 0 Å². The van der Waals surface area contributed by atoms with E-state index in [-0.39, 0.29) is 6.42 Å². The lowest BCUT2D eigenvalue weighted by atomic mass is 9.98. The highest BCUT2D eigenvalue weighted by Gasteiger charge is 2.22. The Bertz CT molecular complexity index is 656. The Balaban J connectivity index is 3.01. The number of amides is 1. The molecular weight excluding hydrogens is 492 g/mol. The molecule has 0 saturated carbocycles. The van der Waals surface area contributed by atoms with Gasteiger partial charge in [-0.2, -0.15) is 0 Å². The van der Waals surface area contributed by atoms with Crippen molar-refractivity contribution in [3.8, 4) is 0 Å². The van der Waals surface area contributed by atoms with E-state index >= 15 is 0 Å². The fourth-order valence-electron chi connectivity index (χ4n) is 2.77. The number of hydrogen-bond acceptors (Lipinski definition) is 4. The van der Waals surface area contributed by atoms with Gasteiger partial charge in [-0.05, 0) is 57.4 Å². The number of nitrogens with one attached hydrogen (secondary N) is 1. The lowest BCUT2D eigenvalue weighted by molar-refractivity contribution is -0.137. The van der Waals surface area contributed by atoms with Crippen molar-refractivity contribution >= 4 is 49.6 Å². The van der Waals surface area contributed by atoms with Gasteiger partial charge in [-0.3, -0.25) is 4.79 Å². The molecule has 0 spiro atoms. The summed E-state index contributed by atoms with van der Waals surface area (Å²) in [5, 5.41) is 13.7. The molecule has 0 heterocycles. The number of ether oxygens (including phenoxy) is 1. The Hall–Kier alpha value is -1.28. The third-order valence-corrected chi connectivity index (χ3v) is 4.72. The summed E-state index contributed by atoms with van der Waals surface area (Å²) in [4.78, 5) is 25.7. The molecular formula is C20H30Br2N2O4. The fraction of sp³-hybridized carbons (Fsp3) is 0.600. The van der Waals surface area contributed by atoms with Crippen LogP contribution >= 0.6 is 31.9 Å². The topological polar surface area (TPSA) is 78.9 Å². The molecule has 0 aliphatic heterocycles. The maximum atomic E-state index is 12.1. The van der Waals surface area contributed by atoms with Gasteiger partial charge in [0.25, 0.3) is 0 Å². The monoisotopic (exact) mass is 520 g/mol. The first kappa shape index (κ1) is 24.8. The smallest absolute Gasteiger partial charge is 0.407 e. The largest absolute Gasteiger partial charge is 0.481 e. The molecule has 0 aromatic heterocycles. The van der Waals surface area contributed by atoms with Crippen LogP contribution < -0.4 is 10.2 Å². The quantitative estimate of drug-likeness (QED) is 0.443. The maximum absolute atomic E-state index is 12.1. The lowest BCUT2D eigenvalue weighted by Gasteiger charge is -2.26. The molecule has 1 rings (SSSR count). The second kappa shape index (κ2) is 11.7. The molecule has 28 heavy (non-hydrogen) atoms. The predicted octanol–water partition coefficient (Wildman–Crippen LogP) is 4.50. The van der Waals surface area contributed by atoms with Gasteiger partial charge in [-0.15, -0.1) is 0 Å². The molecule has 0 saturated heterocycles. The summed E-state index contributed by atoms with van der Waals surface area (Å²) in [7, 11) is 0. The van der Waals surface area contributed by atoms with Crippen LogP contribution in [0.4, 0.5) is 10.5 Å². The molecule has 0 radical (unpaired) electrons. The van der Waals surface area contributed by atoms with Crippen molar-refractivity contribution in [1.82, 2.24) is 5.32 Å². The van der Waals surface area contributed by atoms with Crippen molar-refractivity contribution in [1.29, 1.82) is 0 Å². The number of halogens is 2. The Kier molecular flexibility index (Phi) is 10.3. The summed E-state index contributed by atoms with van der Waals surface area (Å²) in [5.41, 5.74) is 2.50. The van der Waals surface area contributed by atoms with E-state index in [0.717, 1.165) is 40.6 Å². The van der Waals surface area contributed by atoms with Gasteiger partial charge in [0.15, 0.2) is 0 Å². The van der Waals surface area contributed by atoms with Crippen molar-refractivity contribution in [2.45, 2.75) is 52.2 Å². The number of carbonyl (C=O) groups is 2. The number of hydrogen-bond donors (Lipinski definition) is 2. The van der Waals surface area contributed by atoms with Gasteiger partial charge in [0.05, 0.1) is 6.42 Å². The van der Waals surface area contributed by atoms with Crippen LogP contribution in [-0.2, 0) is 16.0 Å². The summed E-state index contributed by atoms with van der Waals surface area (Å²) in [6.45, 7) is 9.04. The van der Waals surface area contributed by atoms with Crippen LogP contribution in [0.5, 0.6) is 0 Å². The number of alkyl halides is 2. The van der Waals surface area contributed by atoms with Gasteiger partial charge in [0.1, 0.15) is 5.60 Å². The molecule has 0 aliphatic carbocycles. The normalized spacial score (nSPS) is 12.4. The minimum Gasteiger partial charge on any atom is -0.481 e. The maximum Gasteiger partial charge on any atom is 0.407 e. The zero-order valence-corrected chi connectivity index (χ0v) is 20.1. The number of aliphatic carboxylic acids is 1. The first-order valence-electron chi connectivity index (χ1n) is 9.23. The van der Waals surface area contributed by atoms with Crippen LogP contribution in [0.15, 0.2) is 18.2 Å². The minimum absolute atomic E-state index is 0.171. The van der Waals surface area contributed by atoms with Crippen LogP contribution in [0, 0.1) is 6.92 Å². The zero-order chi connectivity index (χ0) is 21.3. The van der Waals surface area contributed by atoms with E-state index in [2.05, 4.69) is 54.2 Å².